The molecule has 0 N–H and O–H groups in total. The van der Waals surface area contributed by atoms with Gasteiger partial charge in [-0.1, -0.05) is 53.8 Å². The van der Waals surface area contributed by atoms with Crippen LogP contribution < -0.4 is 9.64 Å². The maximum absolute atomic E-state index is 12.9. The van der Waals surface area contributed by atoms with Gasteiger partial charge in [-0.3, -0.25) is 14.6 Å². The number of anilines is 1. The van der Waals surface area contributed by atoms with Crippen molar-refractivity contribution in [2.24, 2.45) is 0 Å². The zero-order valence-electron chi connectivity index (χ0n) is 16.6. The van der Waals surface area contributed by atoms with Crippen LogP contribution in [0, 0.1) is 0 Å². The molecule has 0 aliphatic carbocycles. The fourth-order valence-electron chi connectivity index (χ4n) is 3.49. The number of halogens is 1. The lowest BCUT2D eigenvalue weighted by Crippen LogP contribution is -2.50. The highest BCUT2D eigenvalue weighted by atomic mass is 35.5. The minimum atomic E-state index is -0.0295. The van der Waals surface area contributed by atoms with E-state index in [0.29, 0.717) is 15.9 Å². The Hall–Kier alpha value is -2.06. The first kappa shape index (κ1) is 21.2. The second-order valence-electron chi connectivity index (χ2n) is 7.11. The summed E-state index contributed by atoms with van der Waals surface area (Å²) in [7, 11) is 1.63. The van der Waals surface area contributed by atoms with Gasteiger partial charge in [0.15, 0.2) is 0 Å². The fourth-order valence-corrected chi connectivity index (χ4v) is 4.92. The van der Waals surface area contributed by atoms with E-state index in [1.807, 2.05) is 48.5 Å². The van der Waals surface area contributed by atoms with Crippen LogP contribution in [-0.2, 0) is 4.79 Å². The molecule has 2 heterocycles. The highest BCUT2D eigenvalue weighted by Crippen LogP contribution is 2.33. The lowest BCUT2D eigenvalue weighted by molar-refractivity contribution is -0.123. The molecule has 2 aromatic rings. The Kier molecular flexibility index (Phi) is 6.63. The number of ether oxygens (including phenoxy) is 1. The number of carbonyl (C=O) groups excluding carboxylic acids is 1. The van der Waals surface area contributed by atoms with Crippen LogP contribution >= 0.6 is 35.6 Å². The Morgan fingerprint density at radius 2 is 1.87 bits per heavy atom. The molecule has 4 rings (SSSR count). The maximum Gasteiger partial charge on any atom is 0.267 e. The number of rotatable bonds is 5. The predicted molar refractivity (Wildman–Crippen MR) is 128 cm³/mol. The number of hydrogen-bond acceptors (Lipinski definition) is 6. The molecule has 2 fully saturated rings. The molecule has 2 saturated heterocycles. The predicted octanol–water partition coefficient (Wildman–Crippen LogP) is 4.33. The largest absolute Gasteiger partial charge is 0.497 e. The van der Waals surface area contributed by atoms with E-state index in [1.54, 1.807) is 12.0 Å². The topological polar surface area (TPSA) is 36.0 Å². The molecule has 1 amide bonds. The van der Waals surface area contributed by atoms with Gasteiger partial charge < -0.3 is 9.64 Å². The highest BCUT2D eigenvalue weighted by molar-refractivity contribution is 8.26. The summed E-state index contributed by atoms with van der Waals surface area (Å²) < 4.78 is 5.79. The van der Waals surface area contributed by atoms with Gasteiger partial charge in [0.25, 0.3) is 5.91 Å². The van der Waals surface area contributed by atoms with E-state index in [9.17, 15) is 4.79 Å². The van der Waals surface area contributed by atoms with Crippen LogP contribution in [0.1, 0.15) is 5.56 Å². The van der Waals surface area contributed by atoms with Crippen molar-refractivity contribution in [1.82, 2.24) is 9.80 Å². The summed E-state index contributed by atoms with van der Waals surface area (Å²) >= 11 is 13.0. The molecule has 0 saturated carbocycles. The average molecular weight is 460 g/mol. The number of thioether (sulfide) groups is 1. The van der Waals surface area contributed by atoms with E-state index in [2.05, 4.69) is 15.9 Å². The first-order chi connectivity index (χ1) is 14.5. The van der Waals surface area contributed by atoms with Gasteiger partial charge in [0, 0.05) is 36.9 Å². The van der Waals surface area contributed by atoms with Crippen LogP contribution in [0.2, 0.25) is 5.02 Å². The van der Waals surface area contributed by atoms with Crippen LogP contribution in [0.25, 0.3) is 6.08 Å². The number of hydrogen-bond donors (Lipinski definition) is 0. The van der Waals surface area contributed by atoms with E-state index in [4.69, 9.17) is 28.6 Å². The van der Waals surface area contributed by atoms with Gasteiger partial charge in [0.1, 0.15) is 10.1 Å². The van der Waals surface area contributed by atoms with Gasteiger partial charge in [-0.15, -0.1) is 0 Å². The monoisotopic (exact) mass is 459 g/mol. The van der Waals surface area contributed by atoms with Gasteiger partial charge >= 0.3 is 0 Å². The van der Waals surface area contributed by atoms with E-state index in [1.165, 1.54) is 11.8 Å². The quantitative estimate of drug-likeness (QED) is 0.489. The zero-order valence-corrected chi connectivity index (χ0v) is 19.0. The van der Waals surface area contributed by atoms with Gasteiger partial charge in [-0.25, -0.2) is 0 Å². The molecule has 5 nitrogen and oxygen atoms in total. The summed E-state index contributed by atoms with van der Waals surface area (Å²) in [6.45, 7) is 4.02. The van der Waals surface area contributed by atoms with Crippen molar-refractivity contribution >= 4 is 57.6 Å². The van der Waals surface area contributed by atoms with Crippen molar-refractivity contribution in [3.05, 3.63) is 64.0 Å². The lowest BCUT2D eigenvalue weighted by Gasteiger charge is -2.37. The second kappa shape index (κ2) is 9.39. The number of thiocarbonyl (C=S) groups is 1. The van der Waals surface area contributed by atoms with Gasteiger partial charge in [0.2, 0.25) is 0 Å². The van der Waals surface area contributed by atoms with Crippen molar-refractivity contribution in [2.45, 2.75) is 0 Å². The third-order valence-corrected chi connectivity index (χ3v) is 6.79. The third-order valence-electron chi connectivity index (χ3n) is 5.17. The number of carbonyl (C=O) groups is 1. The SMILES string of the molecule is COc1ccc(/C=C2/SC(=S)N(CN3CCN(c4cccc(Cl)c4)CC3)C2=O)cc1. The smallest absolute Gasteiger partial charge is 0.267 e. The van der Waals surface area contributed by atoms with Crippen LogP contribution in [0.3, 0.4) is 0 Å². The molecule has 0 aromatic heterocycles. The van der Waals surface area contributed by atoms with Gasteiger partial charge in [-0.05, 0) is 42.0 Å². The van der Waals surface area contributed by atoms with Crippen LogP contribution in [0.15, 0.2) is 53.4 Å². The summed E-state index contributed by atoms with van der Waals surface area (Å²) in [6.07, 6.45) is 1.88. The lowest BCUT2D eigenvalue weighted by atomic mass is 10.2. The Bertz CT molecular complexity index is 973. The second-order valence-corrected chi connectivity index (χ2v) is 9.22. The Morgan fingerprint density at radius 3 is 2.53 bits per heavy atom. The Morgan fingerprint density at radius 1 is 1.13 bits per heavy atom. The van der Waals surface area contributed by atoms with Crippen molar-refractivity contribution in [3.63, 3.8) is 0 Å². The normalized spacial score (nSPS) is 19.1. The molecule has 0 bridgehead atoms. The number of methoxy groups -OCH3 is 1. The molecule has 156 valence electrons. The third kappa shape index (κ3) is 4.81. The fraction of sp³-hybridized carbons (Fsp3) is 0.273. The molecule has 2 aliphatic heterocycles. The molecule has 8 heteroatoms. The van der Waals surface area contributed by atoms with E-state index < -0.39 is 0 Å². The molecule has 2 aliphatic rings. The molecular formula is C22H22ClN3O2S2. The Labute approximate surface area is 191 Å². The van der Waals surface area contributed by atoms with Gasteiger partial charge in [-0.2, -0.15) is 0 Å². The molecule has 0 unspecified atom stereocenters. The molecular weight excluding hydrogens is 438 g/mol. The minimum Gasteiger partial charge on any atom is -0.497 e. The van der Waals surface area contributed by atoms with Crippen LogP contribution in [0.5, 0.6) is 5.75 Å². The molecule has 0 atom stereocenters. The molecule has 30 heavy (non-hydrogen) atoms. The molecule has 0 spiro atoms. The summed E-state index contributed by atoms with van der Waals surface area (Å²) in [5.74, 6) is 0.759. The summed E-state index contributed by atoms with van der Waals surface area (Å²) in [6, 6.07) is 15.5. The van der Waals surface area contributed by atoms with Crippen LogP contribution in [0.4, 0.5) is 5.69 Å². The van der Waals surface area contributed by atoms with Crippen LogP contribution in [-0.4, -0.2) is 60.0 Å². The molecule has 0 radical (unpaired) electrons. The molecule has 2 aromatic carbocycles. The summed E-state index contributed by atoms with van der Waals surface area (Å²) in [5.41, 5.74) is 2.08. The minimum absolute atomic E-state index is 0.0295. The summed E-state index contributed by atoms with van der Waals surface area (Å²) in [4.78, 5) is 19.8. The van der Waals surface area contributed by atoms with E-state index in [0.717, 1.165) is 48.2 Å². The van der Waals surface area contributed by atoms with Crippen molar-refractivity contribution in [1.29, 1.82) is 0 Å². The number of piperazine rings is 1. The Balaban J connectivity index is 1.36. The first-order valence-electron chi connectivity index (χ1n) is 9.66. The van der Waals surface area contributed by atoms with E-state index in [-0.39, 0.29) is 5.91 Å². The summed E-state index contributed by atoms with van der Waals surface area (Å²) in [5, 5.41) is 0.746. The van der Waals surface area contributed by atoms with Crippen molar-refractivity contribution < 1.29 is 9.53 Å². The number of nitrogens with zero attached hydrogens (tertiary/aromatic N) is 3. The average Bonchev–Trinajstić information content (AvgIpc) is 3.02. The number of amides is 1. The zero-order chi connectivity index (χ0) is 21.1. The van der Waals surface area contributed by atoms with Gasteiger partial charge in [0.05, 0.1) is 18.7 Å². The standard InChI is InChI=1S/C22H22ClN3O2S2/c1-28-19-7-5-16(6-8-19)13-20-21(27)26(22(29)30-20)15-24-9-11-25(12-10-24)18-4-2-3-17(23)14-18/h2-8,13-14H,9-12,15H2,1H3/b20-13+. The first-order valence-corrected chi connectivity index (χ1v) is 11.3. The van der Waals surface area contributed by atoms with E-state index >= 15 is 0 Å². The van der Waals surface area contributed by atoms with Crippen molar-refractivity contribution in [3.8, 4) is 5.75 Å². The maximum atomic E-state index is 12.9. The van der Waals surface area contributed by atoms with Crippen molar-refractivity contribution in [2.75, 3.05) is 44.9 Å². The number of benzene rings is 2. The highest BCUT2D eigenvalue weighted by Gasteiger charge is 2.33.